The molecule has 2 aliphatic carbocycles. The standard InChI is InChI=1S/C20H28FN3O/c21-16-6-4-15(5-7-16)20(8-2-1-3-9-20)13-24-19(25)23-12-17-14-10-18(17)22-11-14/h4-7,14,17-18,22H,1-3,8-13H2,(H2,23,24,25)/t14-,17+,18-/m0/s1. The number of carbonyl (C=O) groups excluding carboxylic acids is 1. The second-order valence-corrected chi connectivity index (χ2v) is 8.09. The number of benzene rings is 1. The first-order valence-corrected chi connectivity index (χ1v) is 9.67. The average molecular weight is 345 g/mol. The van der Waals surface area contributed by atoms with Gasteiger partial charge in [0, 0.05) is 24.5 Å². The van der Waals surface area contributed by atoms with E-state index in [2.05, 4.69) is 16.0 Å². The van der Waals surface area contributed by atoms with E-state index in [1.54, 1.807) is 0 Å². The minimum Gasteiger partial charge on any atom is -0.338 e. The van der Waals surface area contributed by atoms with Crippen molar-refractivity contribution in [1.82, 2.24) is 16.0 Å². The number of amides is 2. The molecule has 2 heterocycles. The molecule has 4 fully saturated rings. The zero-order valence-corrected chi connectivity index (χ0v) is 14.7. The molecule has 0 unspecified atom stereocenters. The Morgan fingerprint density at radius 2 is 1.92 bits per heavy atom. The van der Waals surface area contributed by atoms with Gasteiger partial charge in [0.25, 0.3) is 0 Å². The third-order valence-corrected chi connectivity index (χ3v) is 6.67. The highest BCUT2D eigenvalue weighted by atomic mass is 19.1. The van der Waals surface area contributed by atoms with Gasteiger partial charge in [0.1, 0.15) is 5.82 Å². The molecule has 1 aromatic carbocycles. The van der Waals surface area contributed by atoms with Gasteiger partial charge in [-0.25, -0.2) is 9.18 Å². The maximum absolute atomic E-state index is 13.3. The largest absolute Gasteiger partial charge is 0.338 e. The van der Waals surface area contributed by atoms with Crippen LogP contribution in [0.1, 0.15) is 44.1 Å². The Bertz CT molecular complexity index is 598. The van der Waals surface area contributed by atoms with Crippen LogP contribution in [0.25, 0.3) is 0 Å². The van der Waals surface area contributed by atoms with Gasteiger partial charge in [-0.1, -0.05) is 31.4 Å². The molecule has 5 rings (SSSR count). The fourth-order valence-corrected chi connectivity index (χ4v) is 5.01. The molecule has 4 aliphatic rings. The van der Waals surface area contributed by atoms with Gasteiger partial charge in [-0.3, -0.25) is 0 Å². The summed E-state index contributed by atoms with van der Waals surface area (Å²) in [5.74, 6) is 1.14. The van der Waals surface area contributed by atoms with Crippen LogP contribution in [0.5, 0.6) is 0 Å². The predicted octanol–water partition coefficient (Wildman–Crippen LogP) is 2.93. The molecule has 0 radical (unpaired) electrons. The van der Waals surface area contributed by atoms with Gasteiger partial charge < -0.3 is 16.0 Å². The van der Waals surface area contributed by atoms with Crippen LogP contribution < -0.4 is 16.0 Å². The van der Waals surface area contributed by atoms with Gasteiger partial charge in [-0.2, -0.15) is 0 Å². The van der Waals surface area contributed by atoms with Crippen LogP contribution in [-0.2, 0) is 5.41 Å². The van der Waals surface area contributed by atoms with Crippen LogP contribution in [-0.4, -0.2) is 31.7 Å². The van der Waals surface area contributed by atoms with E-state index in [9.17, 15) is 9.18 Å². The summed E-state index contributed by atoms with van der Waals surface area (Å²) in [6.07, 6.45) is 6.94. The Morgan fingerprint density at radius 3 is 2.56 bits per heavy atom. The third kappa shape index (κ3) is 3.39. The Labute approximate surface area is 148 Å². The maximum atomic E-state index is 13.3. The molecule has 5 heteroatoms. The molecular formula is C20H28FN3O. The van der Waals surface area contributed by atoms with Gasteiger partial charge in [-0.15, -0.1) is 0 Å². The molecule has 136 valence electrons. The highest BCUT2D eigenvalue weighted by Crippen LogP contribution is 2.40. The molecule has 4 nitrogen and oxygen atoms in total. The van der Waals surface area contributed by atoms with Gasteiger partial charge in [0.15, 0.2) is 0 Å². The van der Waals surface area contributed by atoms with Gasteiger partial charge in [-0.05, 0) is 55.3 Å². The fourth-order valence-electron chi connectivity index (χ4n) is 5.01. The summed E-state index contributed by atoms with van der Waals surface area (Å²) in [6, 6.07) is 7.37. The average Bonchev–Trinajstić information content (AvgIpc) is 3.26. The number of halogens is 1. The zero-order chi connectivity index (χ0) is 17.3. The summed E-state index contributed by atoms with van der Waals surface area (Å²) in [5.41, 5.74) is 1.09. The monoisotopic (exact) mass is 345 g/mol. The number of hydrogen-bond donors (Lipinski definition) is 3. The lowest BCUT2D eigenvalue weighted by Gasteiger charge is -2.38. The third-order valence-electron chi connectivity index (χ3n) is 6.67. The van der Waals surface area contributed by atoms with Gasteiger partial charge in [0.05, 0.1) is 0 Å². The van der Waals surface area contributed by atoms with Crippen LogP contribution in [0.2, 0.25) is 0 Å². The molecular weight excluding hydrogens is 317 g/mol. The van der Waals surface area contributed by atoms with Crippen molar-refractivity contribution in [2.45, 2.75) is 50.0 Å². The smallest absolute Gasteiger partial charge is 0.314 e. The van der Waals surface area contributed by atoms with E-state index in [0.717, 1.165) is 50.3 Å². The van der Waals surface area contributed by atoms with E-state index in [0.29, 0.717) is 18.5 Å². The summed E-state index contributed by atoms with van der Waals surface area (Å²) in [4.78, 5) is 12.3. The summed E-state index contributed by atoms with van der Waals surface area (Å²) in [7, 11) is 0. The number of nitrogens with one attached hydrogen (secondary N) is 3. The summed E-state index contributed by atoms with van der Waals surface area (Å²) >= 11 is 0. The molecule has 0 spiro atoms. The molecule has 2 saturated carbocycles. The van der Waals surface area contributed by atoms with Crippen molar-refractivity contribution in [3.63, 3.8) is 0 Å². The predicted molar refractivity (Wildman–Crippen MR) is 96.0 cm³/mol. The number of fused-ring (bicyclic) bond motifs is 1. The molecule has 2 saturated heterocycles. The van der Waals surface area contributed by atoms with Crippen molar-refractivity contribution in [2.24, 2.45) is 11.8 Å². The first kappa shape index (κ1) is 16.8. The summed E-state index contributed by atoms with van der Waals surface area (Å²) in [6.45, 7) is 2.49. The van der Waals surface area contributed by atoms with Crippen LogP contribution in [0.3, 0.4) is 0 Å². The molecule has 3 atom stereocenters. The molecule has 2 aliphatic heterocycles. The van der Waals surface area contributed by atoms with E-state index in [1.165, 1.54) is 25.0 Å². The first-order chi connectivity index (χ1) is 12.2. The van der Waals surface area contributed by atoms with Crippen molar-refractivity contribution < 1.29 is 9.18 Å². The van der Waals surface area contributed by atoms with Crippen molar-refractivity contribution in [3.8, 4) is 0 Å². The molecule has 1 aromatic rings. The highest BCUT2D eigenvalue weighted by Gasteiger charge is 2.46. The minimum atomic E-state index is -0.204. The molecule has 25 heavy (non-hydrogen) atoms. The van der Waals surface area contributed by atoms with E-state index in [4.69, 9.17) is 0 Å². The van der Waals surface area contributed by atoms with Crippen LogP contribution >= 0.6 is 0 Å². The summed E-state index contributed by atoms with van der Waals surface area (Å²) < 4.78 is 13.3. The Kier molecular flexibility index (Phi) is 4.67. The maximum Gasteiger partial charge on any atom is 0.314 e. The topological polar surface area (TPSA) is 53.2 Å². The first-order valence-electron chi connectivity index (χ1n) is 9.67. The van der Waals surface area contributed by atoms with Crippen molar-refractivity contribution >= 4 is 6.03 Å². The normalized spacial score (nSPS) is 29.7. The van der Waals surface area contributed by atoms with E-state index >= 15 is 0 Å². The second-order valence-electron chi connectivity index (χ2n) is 8.09. The number of hydrogen-bond acceptors (Lipinski definition) is 2. The Hall–Kier alpha value is -1.62. The van der Waals surface area contributed by atoms with Crippen molar-refractivity contribution in [2.75, 3.05) is 19.6 Å². The van der Waals surface area contributed by atoms with E-state index in [-0.39, 0.29) is 17.3 Å². The minimum absolute atomic E-state index is 0.0552. The highest BCUT2D eigenvalue weighted by molar-refractivity contribution is 5.74. The molecule has 2 amide bonds. The lowest BCUT2D eigenvalue weighted by atomic mass is 9.69. The lowest BCUT2D eigenvalue weighted by Crippen LogP contribution is -2.49. The number of carbonyl (C=O) groups is 1. The summed E-state index contributed by atoms with van der Waals surface area (Å²) in [5, 5.41) is 9.63. The van der Waals surface area contributed by atoms with E-state index in [1.807, 2.05) is 12.1 Å². The number of urea groups is 1. The second kappa shape index (κ2) is 6.94. The van der Waals surface area contributed by atoms with Crippen molar-refractivity contribution in [3.05, 3.63) is 35.6 Å². The van der Waals surface area contributed by atoms with Crippen molar-refractivity contribution in [1.29, 1.82) is 0 Å². The van der Waals surface area contributed by atoms with Crippen LogP contribution in [0, 0.1) is 17.7 Å². The molecule has 3 N–H and O–H groups in total. The lowest BCUT2D eigenvalue weighted by molar-refractivity contribution is 0.198. The van der Waals surface area contributed by atoms with E-state index < -0.39 is 0 Å². The molecule has 2 bridgehead atoms. The van der Waals surface area contributed by atoms with Crippen LogP contribution in [0.15, 0.2) is 24.3 Å². The quantitative estimate of drug-likeness (QED) is 0.768. The van der Waals surface area contributed by atoms with Gasteiger partial charge >= 0.3 is 6.03 Å². The van der Waals surface area contributed by atoms with Gasteiger partial charge in [0.2, 0.25) is 0 Å². The zero-order valence-electron chi connectivity index (χ0n) is 14.7. The SMILES string of the molecule is O=C(NC[C@@H]1[C@@H]2CN[C@H]1C2)NCC1(c2ccc(F)cc2)CCCCC1. The Balaban J connectivity index is 1.34. The van der Waals surface area contributed by atoms with Crippen LogP contribution in [0.4, 0.5) is 9.18 Å². The number of rotatable bonds is 5. The Morgan fingerprint density at radius 1 is 1.16 bits per heavy atom. The molecule has 0 aromatic heterocycles. The fraction of sp³-hybridized carbons (Fsp3) is 0.650.